The lowest BCUT2D eigenvalue weighted by atomic mass is 9.87. The van der Waals surface area contributed by atoms with Gasteiger partial charge in [0, 0.05) is 36.5 Å². The number of hydrogen-bond donors (Lipinski definition) is 1. The third kappa shape index (κ3) is 5.66. The third-order valence-electron chi connectivity index (χ3n) is 5.95. The summed E-state index contributed by atoms with van der Waals surface area (Å²) in [7, 11) is 0. The first-order valence-electron chi connectivity index (χ1n) is 11.3. The van der Waals surface area contributed by atoms with Crippen molar-refractivity contribution in [3.63, 3.8) is 0 Å². The van der Waals surface area contributed by atoms with E-state index in [-0.39, 0.29) is 35.9 Å². The molecule has 0 radical (unpaired) electrons. The number of amides is 2. The maximum atomic E-state index is 12.8. The summed E-state index contributed by atoms with van der Waals surface area (Å²) in [4.78, 5) is 37.0. The fraction of sp³-hybridized carbons (Fsp3) is 0.259. The van der Waals surface area contributed by atoms with Crippen molar-refractivity contribution in [2.45, 2.75) is 32.6 Å². The first-order chi connectivity index (χ1) is 16.6. The van der Waals surface area contributed by atoms with Crippen molar-refractivity contribution in [1.82, 2.24) is 0 Å². The van der Waals surface area contributed by atoms with Gasteiger partial charge in [-0.2, -0.15) is 0 Å². The molecule has 1 heterocycles. The van der Waals surface area contributed by atoms with Crippen molar-refractivity contribution in [3.8, 4) is 11.5 Å². The van der Waals surface area contributed by atoms with Crippen LogP contribution in [-0.4, -0.2) is 23.3 Å². The number of carbonyl (C=O) groups excluding carboxylic acids is 2. The molecule has 35 heavy (non-hydrogen) atoms. The molecule has 3 aromatic rings. The number of nitro groups is 1. The molecule has 8 nitrogen and oxygen atoms in total. The maximum Gasteiger partial charge on any atom is 0.269 e. The Balaban J connectivity index is 1.34. The van der Waals surface area contributed by atoms with Gasteiger partial charge in [-0.15, -0.1) is 0 Å². The number of hydrogen-bond acceptors (Lipinski definition) is 5. The highest BCUT2D eigenvalue weighted by Gasteiger charge is 2.35. The summed E-state index contributed by atoms with van der Waals surface area (Å²) < 4.78 is 5.90. The van der Waals surface area contributed by atoms with Gasteiger partial charge in [0.05, 0.1) is 10.8 Å². The lowest BCUT2D eigenvalue weighted by molar-refractivity contribution is -0.384. The summed E-state index contributed by atoms with van der Waals surface area (Å²) >= 11 is 0. The lowest BCUT2D eigenvalue weighted by Crippen LogP contribution is -2.28. The van der Waals surface area contributed by atoms with E-state index < -0.39 is 10.8 Å². The fourth-order valence-electron chi connectivity index (χ4n) is 3.90. The highest BCUT2D eigenvalue weighted by Crippen LogP contribution is 2.29. The second-order valence-corrected chi connectivity index (χ2v) is 9.57. The Morgan fingerprint density at radius 2 is 1.54 bits per heavy atom. The number of non-ortho nitro benzene ring substituents is 1. The van der Waals surface area contributed by atoms with Gasteiger partial charge >= 0.3 is 0 Å². The number of nitro benzene ring substituents is 1. The van der Waals surface area contributed by atoms with E-state index in [4.69, 9.17) is 4.74 Å². The molecule has 1 aliphatic heterocycles. The van der Waals surface area contributed by atoms with Crippen molar-refractivity contribution in [2.75, 3.05) is 16.8 Å². The molecule has 0 saturated carbocycles. The highest BCUT2D eigenvalue weighted by atomic mass is 16.6. The number of ether oxygens (including phenoxy) is 1. The number of carbonyl (C=O) groups is 2. The molecule has 0 aliphatic carbocycles. The quantitative estimate of drug-likeness (QED) is 0.367. The van der Waals surface area contributed by atoms with Gasteiger partial charge in [-0.25, -0.2) is 0 Å². The molecule has 0 aromatic heterocycles. The summed E-state index contributed by atoms with van der Waals surface area (Å²) in [6, 6.07) is 20.7. The SMILES string of the molecule is CC(C)(C)c1ccc(Oc2ccc(NC(=O)[C@@H]3CC(=O)N(c4ccc([N+](=O)[O-])cc4)C3)cc2)cc1. The van der Waals surface area contributed by atoms with Gasteiger partial charge in [-0.05, 0) is 59.5 Å². The average Bonchev–Trinajstić information content (AvgIpc) is 3.22. The highest BCUT2D eigenvalue weighted by molar-refractivity contribution is 6.03. The van der Waals surface area contributed by atoms with Crippen LogP contribution in [0.5, 0.6) is 11.5 Å². The summed E-state index contributed by atoms with van der Waals surface area (Å²) in [5.74, 6) is 0.405. The molecule has 4 rings (SSSR count). The minimum atomic E-state index is -0.519. The fourth-order valence-corrected chi connectivity index (χ4v) is 3.90. The second kappa shape index (κ2) is 9.58. The van der Waals surface area contributed by atoms with Gasteiger partial charge < -0.3 is 15.0 Å². The Morgan fingerprint density at radius 3 is 2.09 bits per heavy atom. The van der Waals surface area contributed by atoms with E-state index in [9.17, 15) is 19.7 Å². The summed E-state index contributed by atoms with van der Waals surface area (Å²) in [5, 5.41) is 13.7. The van der Waals surface area contributed by atoms with Crippen molar-refractivity contribution < 1.29 is 19.2 Å². The Morgan fingerprint density at radius 1 is 0.971 bits per heavy atom. The Hall–Kier alpha value is -4.20. The first kappa shape index (κ1) is 23.9. The van der Waals surface area contributed by atoms with E-state index in [0.717, 1.165) is 5.75 Å². The number of nitrogens with one attached hydrogen (secondary N) is 1. The topological polar surface area (TPSA) is 102 Å². The van der Waals surface area contributed by atoms with Crippen LogP contribution in [0.3, 0.4) is 0 Å². The number of benzene rings is 3. The Bertz CT molecular complexity index is 1230. The molecular weight excluding hydrogens is 446 g/mol. The predicted octanol–water partition coefficient (Wildman–Crippen LogP) is 5.68. The van der Waals surface area contributed by atoms with Gasteiger partial charge in [-0.1, -0.05) is 32.9 Å². The van der Waals surface area contributed by atoms with Gasteiger partial charge in [0.1, 0.15) is 11.5 Å². The predicted molar refractivity (Wildman–Crippen MR) is 134 cm³/mol. The Kier molecular flexibility index (Phi) is 6.55. The largest absolute Gasteiger partial charge is 0.457 e. The third-order valence-corrected chi connectivity index (χ3v) is 5.95. The normalized spacial score (nSPS) is 15.7. The van der Waals surface area contributed by atoms with Gasteiger partial charge in [-0.3, -0.25) is 19.7 Å². The molecule has 2 amide bonds. The molecule has 1 atom stereocenters. The molecule has 0 unspecified atom stereocenters. The standard InChI is InChI=1S/C27H27N3O5/c1-27(2,3)19-4-12-23(13-5-19)35-24-14-6-20(7-15-24)28-26(32)18-16-25(31)29(17-18)21-8-10-22(11-9-21)30(33)34/h4-15,18H,16-17H2,1-3H3,(H,28,32)/t18-/m1/s1. The van der Waals surface area contributed by atoms with Crippen LogP contribution in [0.2, 0.25) is 0 Å². The van der Waals surface area contributed by atoms with Crippen molar-refractivity contribution in [2.24, 2.45) is 5.92 Å². The smallest absolute Gasteiger partial charge is 0.269 e. The molecule has 1 N–H and O–H groups in total. The zero-order chi connectivity index (χ0) is 25.2. The van der Waals surface area contributed by atoms with E-state index in [1.165, 1.54) is 34.7 Å². The van der Waals surface area contributed by atoms with Crippen LogP contribution in [0.15, 0.2) is 72.8 Å². The molecule has 0 bridgehead atoms. The van der Waals surface area contributed by atoms with Crippen LogP contribution in [-0.2, 0) is 15.0 Å². The van der Waals surface area contributed by atoms with E-state index in [2.05, 4.69) is 26.1 Å². The van der Waals surface area contributed by atoms with Crippen LogP contribution in [0, 0.1) is 16.0 Å². The average molecular weight is 474 g/mol. The number of anilines is 2. The van der Waals surface area contributed by atoms with Crippen LogP contribution in [0.25, 0.3) is 0 Å². The molecule has 3 aromatic carbocycles. The van der Waals surface area contributed by atoms with Crippen molar-refractivity contribution >= 4 is 28.9 Å². The monoisotopic (exact) mass is 473 g/mol. The summed E-state index contributed by atoms with van der Waals surface area (Å²) in [6.07, 6.45) is 0.0780. The van der Waals surface area contributed by atoms with E-state index in [1.54, 1.807) is 24.3 Å². The van der Waals surface area contributed by atoms with Crippen molar-refractivity contribution in [3.05, 3.63) is 88.5 Å². The molecule has 1 saturated heterocycles. The zero-order valence-electron chi connectivity index (χ0n) is 19.9. The molecule has 1 fully saturated rings. The summed E-state index contributed by atoms with van der Waals surface area (Å²) in [5.41, 5.74) is 2.38. The van der Waals surface area contributed by atoms with Gasteiger partial charge in [0.25, 0.3) is 5.69 Å². The molecule has 8 heteroatoms. The second-order valence-electron chi connectivity index (χ2n) is 9.57. The van der Waals surface area contributed by atoms with Gasteiger partial charge in [0.2, 0.25) is 11.8 Å². The number of rotatable bonds is 6. The minimum Gasteiger partial charge on any atom is -0.457 e. The van der Waals surface area contributed by atoms with Gasteiger partial charge in [0.15, 0.2) is 0 Å². The van der Waals surface area contributed by atoms with E-state index >= 15 is 0 Å². The lowest BCUT2D eigenvalue weighted by Gasteiger charge is -2.19. The molecular formula is C27H27N3O5. The number of nitrogens with zero attached hydrogens (tertiary/aromatic N) is 2. The van der Waals surface area contributed by atoms with E-state index in [1.807, 2.05) is 24.3 Å². The Labute approximate surface area is 203 Å². The zero-order valence-corrected chi connectivity index (χ0v) is 19.9. The van der Waals surface area contributed by atoms with Crippen LogP contribution >= 0.6 is 0 Å². The van der Waals surface area contributed by atoms with Crippen LogP contribution in [0.1, 0.15) is 32.8 Å². The first-order valence-corrected chi connectivity index (χ1v) is 11.3. The summed E-state index contributed by atoms with van der Waals surface area (Å²) in [6.45, 7) is 6.69. The maximum absolute atomic E-state index is 12.8. The minimum absolute atomic E-state index is 0.0518. The molecule has 180 valence electrons. The van der Waals surface area contributed by atoms with Crippen molar-refractivity contribution in [1.29, 1.82) is 0 Å². The van der Waals surface area contributed by atoms with Crippen LogP contribution in [0.4, 0.5) is 17.1 Å². The molecule has 1 aliphatic rings. The molecule has 0 spiro atoms. The van der Waals surface area contributed by atoms with E-state index in [0.29, 0.717) is 17.1 Å². The van der Waals surface area contributed by atoms with Crippen LogP contribution < -0.4 is 15.0 Å².